The summed E-state index contributed by atoms with van der Waals surface area (Å²) in [5, 5.41) is 11.5. The maximum absolute atomic E-state index is 11.8. The molecule has 104 valence electrons. The molecule has 0 unspecified atom stereocenters. The number of carboxylic acid groups (broad SMARTS) is 1. The lowest BCUT2D eigenvalue weighted by atomic mass is 10.3. The Balaban J connectivity index is 1.91. The van der Waals surface area contributed by atoms with Crippen LogP contribution in [0.3, 0.4) is 0 Å². The van der Waals surface area contributed by atoms with Gasteiger partial charge in [0.15, 0.2) is 0 Å². The molecule has 0 spiro atoms. The Labute approximate surface area is 124 Å². The topological polar surface area (TPSA) is 79.3 Å². The second-order valence-electron chi connectivity index (χ2n) is 3.92. The van der Waals surface area contributed by atoms with Crippen molar-refractivity contribution < 1.29 is 14.7 Å². The first-order valence-corrected chi connectivity index (χ1v) is 6.98. The number of hydrogen-bond donors (Lipinski definition) is 2. The molecule has 0 atom stereocenters. The molecular formula is C13H11ClN2O3S. The predicted molar refractivity (Wildman–Crippen MR) is 76.6 cm³/mol. The number of rotatable bonds is 5. The second kappa shape index (κ2) is 6.49. The highest BCUT2D eigenvalue weighted by Gasteiger charge is 2.10. The normalized spacial score (nSPS) is 10.2. The SMILES string of the molecule is O=C(O)c1cccc(C(=O)NCCc2ccc(Cl)s2)n1. The van der Waals surface area contributed by atoms with E-state index in [1.807, 2.05) is 6.07 Å². The van der Waals surface area contributed by atoms with Crippen LogP contribution in [-0.4, -0.2) is 28.5 Å². The van der Waals surface area contributed by atoms with Crippen LogP contribution in [-0.2, 0) is 6.42 Å². The lowest BCUT2D eigenvalue weighted by molar-refractivity contribution is 0.0690. The molecule has 2 heterocycles. The Kier molecular flexibility index (Phi) is 4.70. The number of thiophene rings is 1. The molecule has 2 aromatic rings. The van der Waals surface area contributed by atoms with E-state index in [9.17, 15) is 9.59 Å². The molecule has 0 aliphatic rings. The smallest absolute Gasteiger partial charge is 0.354 e. The van der Waals surface area contributed by atoms with Gasteiger partial charge in [-0.05, 0) is 30.7 Å². The standard InChI is InChI=1S/C13H11ClN2O3S/c14-11-5-4-8(20-11)6-7-15-12(17)9-2-1-3-10(16-9)13(18)19/h1-5H,6-7H2,(H,15,17)(H,18,19). The van der Waals surface area contributed by atoms with E-state index >= 15 is 0 Å². The molecule has 0 saturated carbocycles. The van der Waals surface area contributed by atoms with E-state index in [1.165, 1.54) is 29.5 Å². The van der Waals surface area contributed by atoms with Gasteiger partial charge in [0.05, 0.1) is 4.34 Å². The van der Waals surface area contributed by atoms with E-state index < -0.39 is 11.9 Å². The number of amides is 1. The summed E-state index contributed by atoms with van der Waals surface area (Å²) in [6, 6.07) is 8.02. The zero-order chi connectivity index (χ0) is 14.5. The van der Waals surface area contributed by atoms with E-state index in [2.05, 4.69) is 10.3 Å². The number of aromatic carboxylic acids is 1. The molecule has 0 aliphatic carbocycles. The summed E-state index contributed by atoms with van der Waals surface area (Å²) in [7, 11) is 0. The van der Waals surface area contributed by atoms with Crippen molar-refractivity contribution in [3.05, 3.63) is 50.9 Å². The van der Waals surface area contributed by atoms with Gasteiger partial charge in [0.25, 0.3) is 5.91 Å². The maximum Gasteiger partial charge on any atom is 0.354 e. The molecule has 20 heavy (non-hydrogen) atoms. The molecular weight excluding hydrogens is 300 g/mol. The van der Waals surface area contributed by atoms with Crippen molar-refractivity contribution in [1.29, 1.82) is 0 Å². The van der Waals surface area contributed by atoms with Crippen molar-refractivity contribution in [2.24, 2.45) is 0 Å². The average Bonchev–Trinajstić information content (AvgIpc) is 2.84. The van der Waals surface area contributed by atoms with Gasteiger partial charge in [0, 0.05) is 11.4 Å². The molecule has 0 bridgehead atoms. The Morgan fingerprint density at radius 2 is 2.00 bits per heavy atom. The third kappa shape index (κ3) is 3.79. The monoisotopic (exact) mass is 310 g/mol. The number of halogens is 1. The van der Waals surface area contributed by atoms with Gasteiger partial charge in [-0.2, -0.15) is 0 Å². The van der Waals surface area contributed by atoms with Crippen LogP contribution >= 0.6 is 22.9 Å². The highest BCUT2D eigenvalue weighted by Crippen LogP contribution is 2.21. The molecule has 5 nitrogen and oxygen atoms in total. The van der Waals surface area contributed by atoms with Gasteiger partial charge in [-0.1, -0.05) is 17.7 Å². The minimum absolute atomic E-state index is 0.0918. The summed E-state index contributed by atoms with van der Waals surface area (Å²) in [6.07, 6.45) is 0.668. The van der Waals surface area contributed by atoms with Gasteiger partial charge in [-0.15, -0.1) is 11.3 Å². The summed E-state index contributed by atoms with van der Waals surface area (Å²) in [5.41, 5.74) is -0.0585. The molecule has 0 aromatic carbocycles. The number of pyridine rings is 1. The first-order chi connectivity index (χ1) is 9.56. The molecule has 0 fully saturated rings. The minimum Gasteiger partial charge on any atom is -0.477 e. The van der Waals surface area contributed by atoms with Crippen molar-refractivity contribution in [3.8, 4) is 0 Å². The largest absolute Gasteiger partial charge is 0.477 e. The van der Waals surface area contributed by atoms with Gasteiger partial charge in [0.1, 0.15) is 11.4 Å². The van der Waals surface area contributed by atoms with Gasteiger partial charge < -0.3 is 10.4 Å². The quantitative estimate of drug-likeness (QED) is 0.889. The molecule has 0 aliphatic heterocycles. The molecule has 0 saturated heterocycles. The lowest BCUT2D eigenvalue weighted by Gasteiger charge is -2.04. The fourth-order valence-corrected chi connectivity index (χ4v) is 2.64. The Morgan fingerprint density at radius 3 is 2.65 bits per heavy atom. The molecule has 2 aromatic heterocycles. The molecule has 0 radical (unpaired) electrons. The molecule has 2 rings (SSSR count). The van der Waals surface area contributed by atoms with Gasteiger partial charge in [-0.25, -0.2) is 9.78 Å². The van der Waals surface area contributed by atoms with E-state index in [0.717, 1.165) is 4.88 Å². The average molecular weight is 311 g/mol. The Bertz CT molecular complexity index is 642. The van der Waals surface area contributed by atoms with Crippen molar-refractivity contribution in [1.82, 2.24) is 10.3 Å². The zero-order valence-electron chi connectivity index (χ0n) is 10.3. The predicted octanol–water partition coefficient (Wildman–Crippen LogP) is 2.47. The van der Waals surface area contributed by atoms with Crippen LogP contribution in [0.1, 0.15) is 25.9 Å². The Morgan fingerprint density at radius 1 is 1.25 bits per heavy atom. The van der Waals surface area contributed by atoms with Gasteiger partial charge in [0.2, 0.25) is 0 Å². The Hall–Kier alpha value is -1.92. The first kappa shape index (κ1) is 14.5. The van der Waals surface area contributed by atoms with Crippen LogP contribution in [0.5, 0.6) is 0 Å². The highest BCUT2D eigenvalue weighted by molar-refractivity contribution is 7.16. The van der Waals surface area contributed by atoms with Crippen LogP contribution in [0, 0.1) is 0 Å². The summed E-state index contributed by atoms with van der Waals surface area (Å²) < 4.78 is 0.710. The van der Waals surface area contributed by atoms with E-state index in [4.69, 9.17) is 16.7 Å². The number of carbonyl (C=O) groups is 2. The van der Waals surface area contributed by atoms with Gasteiger partial charge >= 0.3 is 5.97 Å². The van der Waals surface area contributed by atoms with Crippen molar-refractivity contribution in [3.63, 3.8) is 0 Å². The number of nitrogens with zero attached hydrogens (tertiary/aromatic N) is 1. The number of hydrogen-bond acceptors (Lipinski definition) is 4. The zero-order valence-corrected chi connectivity index (χ0v) is 11.9. The van der Waals surface area contributed by atoms with E-state index in [0.29, 0.717) is 17.3 Å². The third-order valence-electron chi connectivity index (χ3n) is 2.49. The van der Waals surface area contributed by atoms with E-state index in [-0.39, 0.29) is 11.4 Å². The summed E-state index contributed by atoms with van der Waals surface area (Å²) in [4.78, 5) is 27.4. The lowest BCUT2D eigenvalue weighted by Crippen LogP contribution is -2.26. The second-order valence-corrected chi connectivity index (χ2v) is 5.72. The number of nitrogens with one attached hydrogen (secondary N) is 1. The number of carbonyl (C=O) groups excluding carboxylic acids is 1. The summed E-state index contributed by atoms with van der Waals surface area (Å²) in [6.45, 7) is 0.439. The molecule has 2 N–H and O–H groups in total. The van der Waals surface area contributed by atoms with Crippen molar-refractivity contribution in [2.75, 3.05) is 6.54 Å². The van der Waals surface area contributed by atoms with Crippen LogP contribution < -0.4 is 5.32 Å². The number of aromatic nitrogens is 1. The fourth-order valence-electron chi connectivity index (χ4n) is 1.56. The van der Waals surface area contributed by atoms with E-state index in [1.54, 1.807) is 6.07 Å². The third-order valence-corrected chi connectivity index (χ3v) is 3.78. The van der Waals surface area contributed by atoms with Crippen molar-refractivity contribution >= 4 is 34.8 Å². The number of carboxylic acids is 1. The van der Waals surface area contributed by atoms with Crippen molar-refractivity contribution in [2.45, 2.75) is 6.42 Å². The molecule has 7 heteroatoms. The highest BCUT2D eigenvalue weighted by atomic mass is 35.5. The first-order valence-electron chi connectivity index (χ1n) is 5.79. The van der Waals surface area contributed by atoms with Crippen LogP contribution in [0.25, 0.3) is 0 Å². The summed E-state index contributed by atoms with van der Waals surface area (Å²) in [5.74, 6) is -1.55. The van der Waals surface area contributed by atoms with Gasteiger partial charge in [-0.3, -0.25) is 4.79 Å². The maximum atomic E-state index is 11.8. The minimum atomic E-state index is -1.16. The van der Waals surface area contributed by atoms with Crippen LogP contribution in [0.2, 0.25) is 4.34 Å². The van der Waals surface area contributed by atoms with Crippen LogP contribution in [0.15, 0.2) is 30.3 Å². The molecule has 1 amide bonds. The summed E-state index contributed by atoms with van der Waals surface area (Å²) >= 11 is 7.27. The van der Waals surface area contributed by atoms with Crippen LogP contribution in [0.4, 0.5) is 0 Å². The fraction of sp³-hybridized carbons (Fsp3) is 0.154.